The molecule has 1 aliphatic heterocycles. The Morgan fingerprint density at radius 1 is 1.47 bits per heavy atom. The van der Waals surface area contributed by atoms with Crippen LogP contribution in [0.25, 0.3) is 0 Å². The molecular formula is C14H17N3O2. The summed E-state index contributed by atoms with van der Waals surface area (Å²) in [5.41, 5.74) is 1.99. The van der Waals surface area contributed by atoms with Crippen LogP contribution in [0.1, 0.15) is 16.2 Å². The number of aliphatic hydroxyl groups excluding tert-OH is 1. The van der Waals surface area contributed by atoms with E-state index in [1.54, 1.807) is 27.8 Å². The molecule has 0 bridgehead atoms. The molecule has 0 saturated heterocycles. The van der Waals surface area contributed by atoms with Crippen LogP contribution in [0, 0.1) is 0 Å². The Labute approximate surface area is 112 Å². The molecule has 5 nitrogen and oxygen atoms in total. The van der Waals surface area contributed by atoms with Gasteiger partial charge in [-0.3, -0.25) is 9.48 Å². The van der Waals surface area contributed by atoms with E-state index in [1.165, 1.54) is 0 Å². The number of fused-ring (bicyclic) bond motifs is 1. The second-order valence-corrected chi connectivity index (χ2v) is 4.31. The first-order valence-corrected chi connectivity index (χ1v) is 6.10. The molecule has 100 valence electrons. The van der Waals surface area contributed by atoms with Gasteiger partial charge in [-0.05, 0) is 11.6 Å². The first-order chi connectivity index (χ1) is 9.19. The van der Waals surface area contributed by atoms with Crippen molar-refractivity contribution in [2.45, 2.75) is 13.2 Å². The van der Waals surface area contributed by atoms with Crippen LogP contribution < -0.4 is 0 Å². The maximum absolute atomic E-state index is 12.3. The first-order valence-electron chi connectivity index (χ1n) is 6.10. The number of aromatic nitrogens is 2. The summed E-state index contributed by atoms with van der Waals surface area (Å²) in [5.74, 6) is -0.0738. The molecule has 2 rings (SSSR count). The van der Waals surface area contributed by atoms with Crippen molar-refractivity contribution >= 4 is 5.91 Å². The summed E-state index contributed by atoms with van der Waals surface area (Å²) < 4.78 is 1.65. The lowest BCUT2D eigenvalue weighted by Gasteiger charge is -2.27. The van der Waals surface area contributed by atoms with Crippen LogP contribution in [0.2, 0.25) is 0 Å². The van der Waals surface area contributed by atoms with Gasteiger partial charge in [0, 0.05) is 13.1 Å². The predicted octanol–water partition coefficient (Wildman–Crippen LogP) is 1.13. The van der Waals surface area contributed by atoms with E-state index in [4.69, 9.17) is 5.11 Å². The molecule has 1 amide bonds. The lowest BCUT2D eigenvalue weighted by molar-refractivity contribution is 0.0715. The highest BCUT2D eigenvalue weighted by atomic mass is 16.3. The normalized spacial score (nSPS) is 15.3. The van der Waals surface area contributed by atoms with E-state index in [1.807, 2.05) is 6.08 Å². The lowest BCUT2D eigenvalue weighted by Crippen LogP contribution is -2.41. The molecule has 5 heteroatoms. The molecule has 0 radical (unpaired) electrons. The Morgan fingerprint density at radius 3 is 2.89 bits per heavy atom. The van der Waals surface area contributed by atoms with Gasteiger partial charge in [-0.25, -0.2) is 0 Å². The minimum Gasteiger partial charge on any atom is -0.390 e. The van der Waals surface area contributed by atoms with Crippen LogP contribution in [0.3, 0.4) is 0 Å². The molecule has 0 fully saturated rings. The second kappa shape index (κ2) is 5.67. The van der Waals surface area contributed by atoms with Crippen molar-refractivity contribution in [3.8, 4) is 0 Å². The average molecular weight is 259 g/mol. The monoisotopic (exact) mass is 259 g/mol. The van der Waals surface area contributed by atoms with Gasteiger partial charge < -0.3 is 10.0 Å². The van der Waals surface area contributed by atoms with Crippen LogP contribution in [0.5, 0.6) is 0 Å². The minimum absolute atomic E-state index is 0.0738. The third-order valence-electron chi connectivity index (χ3n) is 3.05. The molecule has 0 atom stereocenters. The second-order valence-electron chi connectivity index (χ2n) is 4.31. The Kier molecular flexibility index (Phi) is 3.97. The van der Waals surface area contributed by atoms with Gasteiger partial charge in [0.15, 0.2) is 0 Å². The van der Waals surface area contributed by atoms with E-state index in [9.17, 15) is 4.79 Å². The number of hydrogen-bond acceptors (Lipinski definition) is 3. The van der Waals surface area contributed by atoms with E-state index in [-0.39, 0.29) is 12.5 Å². The summed E-state index contributed by atoms with van der Waals surface area (Å²) in [6, 6.07) is 1.64. The number of rotatable bonds is 5. The van der Waals surface area contributed by atoms with Crippen molar-refractivity contribution in [1.82, 2.24) is 14.7 Å². The molecular weight excluding hydrogens is 242 g/mol. The van der Waals surface area contributed by atoms with Crippen molar-refractivity contribution < 1.29 is 9.90 Å². The maximum atomic E-state index is 12.3. The number of carbonyl (C=O) groups excluding carboxylic acids is 1. The topological polar surface area (TPSA) is 58.4 Å². The summed E-state index contributed by atoms with van der Waals surface area (Å²) in [4.78, 5) is 14.0. The van der Waals surface area contributed by atoms with Gasteiger partial charge in [0.2, 0.25) is 0 Å². The van der Waals surface area contributed by atoms with E-state index in [0.717, 1.165) is 5.57 Å². The molecule has 0 aliphatic carbocycles. The Hall–Kier alpha value is -2.14. The fourth-order valence-electron chi connectivity index (χ4n) is 2.08. The zero-order valence-corrected chi connectivity index (χ0v) is 10.7. The quantitative estimate of drug-likeness (QED) is 0.806. The third kappa shape index (κ3) is 2.66. The van der Waals surface area contributed by atoms with E-state index in [0.29, 0.717) is 31.0 Å². The van der Waals surface area contributed by atoms with Crippen molar-refractivity contribution in [2.75, 3.05) is 13.1 Å². The highest BCUT2D eigenvalue weighted by Crippen LogP contribution is 2.15. The molecule has 0 aromatic carbocycles. The fraction of sp³-hybridized carbons (Fsp3) is 0.286. The van der Waals surface area contributed by atoms with Gasteiger partial charge in [-0.15, -0.1) is 0 Å². The van der Waals surface area contributed by atoms with Crippen LogP contribution in [0.15, 0.2) is 43.0 Å². The van der Waals surface area contributed by atoms with Gasteiger partial charge in [0.1, 0.15) is 5.69 Å². The number of amides is 1. The summed E-state index contributed by atoms with van der Waals surface area (Å²) in [7, 11) is 0. The number of hydrogen-bond donors (Lipinski definition) is 1. The first kappa shape index (κ1) is 13.3. The van der Waals surface area contributed by atoms with Crippen LogP contribution in [-0.4, -0.2) is 38.8 Å². The third-order valence-corrected chi connectivity index (χ3v) is 3.05. The van der Waals surface area contributed by atoms with Crippen LogP contribution in [0.4, 0.5) is 0 Å². The summed E-state index contributed by atoms with van der Waals surface area (Å²) in [6.45, 7) is 8.96. The molecule has 1 aliphatic rings. The zero-order chi connectivity index (χ0) is 13.8. The maximum Gasteiger partial charge on any atom is 0.272 e. The smallest absolute Gasteiger partial charge is 0.272 e. The predicted molar refractivity (Wildman–Crippen MR) is 72.5 cm³/mol. The average Bonchev–Trinajstić information content (AvgIpc) is 2.85. The molecule has 0 spiro atoms. The van der Waals surface area contributed by atoms with Gasteiger partial charge in [0.05, 0.1) is 18.8 Å². The van der Waals surface area contributed by atoms with Gasteiger partial charge >= 0.3 is 0 Å². The SMILES string of the molecule is C=C/C=C(\C=C)CN1CCn2nc(CO)cc2C1=O. The van der Waals surface area contributed by atoms with Gasteiger partial charge in [0.25, 0.3) is 5.91 Å². The van der Waals surface area contributed by atoms with Crippen molar-refractivity contribution in [2.24, 2.45) is 0 Å². The molecule has 0 unspecified atom stereocenters. The number of aliphatic hydroxyl groups is 1. The largest absolute Gasteiger partial charge is 0.390 e. The Bertz CT molecular complexity index is 543. The lowest BCUT2D eigenvalue weighted by atomic mass is 10.2. The molecule has 2 heterocycles. The molecule has 19 heavy (non-hydrogen) atoms. The fourth-order valence-corrected chi connectivity index (χ4v) is 2.08. The Balaban J connectivity index is 2.19. The van der Waals surface area contributed by atoms with E-state index < -0.39 is 0 Å². The highest BCUT2D eigenvalue weighted by molar-refractivity contribution is 5.93. The summed E-state index contributed by atoms with van der Waals surface area (Å²) in [6.07, 6.45) is 5.24. The van der Waals surface area contributed by atoms with E-state index >= 15 is 0 Å². The molecule has 1 N–H and O–H groups in total. The van der Waals surface area contributed by atoms with Crippen LogP contribution in [-0.2, 0) is 13.2 Å². The highest BCUT2D eigenvalue weighted by Gasteiger charge is 2.26. The zero-order valence-electron chi connectivity index (χ0n) is 10.7. The summed E-state index contributed by atoms with van der Waals surface area (Å²) in [5, 5.41) is 13.2. The van der Waals surface area contributed by atoms with Gasteiger partial charge in [-0.1, -0.05) is 31.4 Å². The van der Waals surface area contributed by atoms with Gasteiger partial charge in [-0.2, -0.15) is 5.10 Å². The van der Waals surface area contributed by atoms with Crippen molar-refractivity contribution in [3.05, 3.63) is 54.4 Å². The molecule has 0 saturated carbocycles. The molecule has 1 aromatic heterocycles. The minimum atomic E-state index is -0.151. The van der Waals surface area contributed by atoms with Crippen molar-refractivity contribution in [3.63, 3.8) is 0 Å². The summed E-state index contributed by atoms with van der Waals surface area (Å²) >= 11 is 0. The van der Waals surface area contributed by atoms with E-state index in [2.05, 4.69) is 18.3 Å². The number of carbonyl (C=O) groups is 1. The number of nitrogens with zero attached hydrogens (tertiary/aromatic N) is 3. The number of allylic oxidation sites excluding steroid dienone is 2. The van der Waals surface area contributed by atoms with Crippen molar-refractivity contribution in [1.29, 1.82) is 0 Å². The Morgan fingerprint density at radius 2 is 2.26 bits per heavy atom. The standard InChI is InChI=1S/C14H17N3O2/c1-3-5-11(4-2)9-16-6-7-17-13(14(16)19)8-12(10-18)15-17/h3-5,8,18H,1-2,6-7,9-10H2/b11-5+. The molecule has 1 aromatic rings. The van der Waals surface area contributed by atoms with Crippen LogP contribution >= 0.6 is 0 Å².